The number of nitrogens with zero attached hydrogens (tertiary/aromatic N) is 3. The summed E-state index contributed by atoms with van der Waals surface area (Å²) in [4.78, 5) is 6.20. The van der Waals surface area contributed by atoms with Gasteiger partial charge in [0.05, 0.1) is 23.4 Å². The lowest BCUT2D eigenvalue weighted by Gasteiger charge is -2.18. The number of thiazole rings is 1. The van der Waals surface area contributed by atoms with Crippen molar-refractivity contribution in [1.82, 2.24) is 15.2 Å². The number of likely N-dealkylation sites (N-methyl/N-ethyl adjacent to an activating group) is 1. The minimum atomic E-state index is -4.63. The largest absolute Gasteiger partial charge is 0.492 e. The Labute approximate surface area is 208 Å². The first-order valence-corrected chi connectivity index (χ1v) is 11.9. The summed E-state index contributed by atoms with van der Waals surface area (Å²) in [6.07, 6.45) is -1.69. The second kappa shape index (κ2) is 9.88. The quantitative estimate of drug-likeness (QED) is 0.252. The molecule has 1 atom stereocenters. The summed E-state index contributed by atoms with van der Waals surface area (Å²) in [6.45, 7) is 2.14. The number of aromatic hydroxyl groups is 1. The molecule has 0 spiro atoms. The Morgan fingerprint density at radius 3 is 2.74 bits per heavy atom. The Morgan fingerprint density at radius 2 is 2.03 bits per heavy atom. The molecular formula is C24H22ClF3N4O2S. The predicted octanol–water partition coefficient (Wildman–Crippen LogP) is 6.19. The Hall–Kier alpha value is -3.08. The molecule has 2 aromatic carbocycles. The Morgan fingerprint density at radius 1 is 1.26 bits per heavy atom. The lowest BCUT2D eigenvalue weighted by molar-refractivity contribution is -0.137. The molecular weight excluding hydrogens is 501 g/mol. The molecule has 4 rings (SSSR count). The predicted molar refractivity (Wildman–Crippen MR) is 133 cm³/mol. The number of aliphatic hydroxyl groups excluding tert-OH is 1. The van der Waals surface area contributed by atoms with E-state index < -0.39 is 17.8 Å². The summed E-state index contributed by atoms with van der Waals surface area (Å²) in [6, 6.07) is 8.83. The fourth-order valence-electron chi connectivity index (χ4n) is 3.61. The van der Waals surface area contributed by atoms with Crippen LogP contribution in [0.4, 0.5) is 18.3 Å². The van der Waals surface area contributed by atoms with Crippen LogP contribution in [0.15, 0.2) is 42.6 Å². The van der Waals surface area contributed by atoms with Crippen LogP contribution in [0.25, 0.3) is 22.6 Å². The standard InChI is InChI=1S/C24H22ClF3N4O2S/c1-3-17(33)12-32(2)23-30-22(34)21(35-23)18(13-5-7-20-15(8-13)11-29-31-20)9-14-4-6-16(25)10-19(14)24(26,27)28/h4-11,17,33-34H,3,12H2,1-2H3,(H,29,31)/b18-9+. The molecule has 1 unspecified atom stereocenters. The molecule has 0 fully saturated rings. The minimum Gasteiger partial charge on any atom is -0.492 e. The summed E-state index contributed by atoms with van der Waals surface area (Å²) in [5, 5.41) is 28.7. The number of anilines is 1. The van der Waals surface area contributed by atoms with Gasteiger partial charge < -0.3 is 15.1 Å². The second-order valence-electron chi connectivity index (χ2n) is 8.05. The number of aliphatic hydroxyl groups is 1. The number of hydrogen-bond donors (Lipinski definition) is 3. The first kappa shape index (κ1) is 25.0. The van der Waals surface area contributed by atoms with E-state index in [4.69, 9.17) is 11.6 Å². The van der Waals surface area contributed by atoms with Crippen molar-refractivity contribution in [1.29, 1.82) is 0 Å². The molecule has 0 bridgehead atoms. The van der Waals surface area contributed by atoms with Crippen LogP contribution in [0.2, 0.25) is 5.02 Å². The van der Waals surface area contributed by atoms with Gasteiger partial charge in [-0.2, -0.15) is 23.3 Å². The smallest absolute Gasteiger partial charge is 0.417 e. The van der Waals surface area contributed by atoms with Crippen LogP contribution in [-0.4, -0.2) is 45.1 Å². The second-order valence-corrected chi connectivity index (χ2v) is 9.47. The van der Waals surface area contributed by atoms with Gasteiger partial charge in [0.2, 0.25) is 5.88 Å². The lowest BCUT2D eigenvalue weighted by Crippen LogP contribution is -2.28. The van der Waals surface area contributed by atoms with E-state index in [1.807, 2.05) is 6.92 Å². The average Bonchev–Trinajstić information content (AvgIpc) is 3.43. The number of aromatic nitrogens is 3. The fraction of sp³-hybridized carbons (Fsp3) is 0.250. The molecule has 2 aromatic heterocycles. The Balaban J connectivity index is 1.89. The van der Waals surface area contributed by atoms with Gasteiger partial charge in [-0.15, -0.1) is 0 Å². The van der Waals surface area contributed by atoms with Gasteiger partial charge in [-0.05, 0) is 47.9 Å². The number of fused-ring (bicyclic) bond motifs is 1. The molecule has 0 saturated carbocycles. The third-order valence-electron chi connectivity index (χ3n) is 5.50. The van der Waals surface area contributed by atoms with Gasteiger partial charge in [0, 0.05) is 29.6 Å². The highest BCUT2D eigenvalue weighted by molar-refractivity contribution is 7.17. The van der Waals surface area contributed by atoms with Crippen LogP contribution in [0.1, 0.15) is 34.9 Å². The van der Waals surface area contributed by atoms with Crippen LogP contribution >= 0.6 is 22.9 Å². The van der Waals surface area contributed by atoms with E-state index in [1.165, 1.54) is 18.2 Å². The fourth-order valence-corrected chi connectivity index (χ4v) is 4.75. The van der Waals surface area contributed by atoms with Gasteiger partial charge >= 0.3 is 6.18 Å². The van der Waals surface area contributed by atoms with E-state index in [2.05, 4.69) is 15.2 Å². The summed E-state index contributed by atoms with van der Waals surface area (Å²) in [7, 11) is 1.73. The van der Waals surface area contributed by atoms with E-state index in [1.54, 1.807) is 36.3 Å². The van der Waals surface area contributed by atoms with Gasteiger partial charge in [0.25, 0.3) is 0 Å². The average molecular weight is 523 g/mol. The third kappa shape index (κ3) is 5.44. The molecule has 4 aromatic rings. The van der Waals surface area contributed by atoms with Crippen molar-refractivity contribution in [2.24, 2.45) is 0 Å². The molecule has 0 aliphatic carbocycles. The van der Waals surface area contributed by atoms with Crippen LogP contribution < -0.4 is 4.90 Å². The zero-order valence-electron chi connectivity index (χ0n) is 18.8. The van der Waals surface area contributed by atoms with Crippen LogP contribution in [0.3, 0.4) is 0 Å². The molecule has 2 heterocycles. The number of benzene rings is 2. The maximum atomic E-state index is 13.8. The highest BCUT2D eigenvalue weighted by Gasteiger charge is 2.33. The van der Waals surface area contributed by atoms with Crippen molar-refractivity contribution >= 4 is 50.6 Å². The number of hydrogen-bond acceptors (Lipinski definition) is 6. The maximum absolute atomic E-state index is 13.8. The Kier molecular flexibility index (Phi) is 7.07. The summed E-state index contributed by atoms with van der Waals surface area (Å²) >= 11 is 6.98. The van der Waals surface area contributed by atoms with Crippen molar-refractivity contribution in [3.05, 3.63) is 69.2 Å². The number of halogens is 4. The van der Waals surface area contributed by atoms with E-state index in [9.17, 15) is 23.4 Å². The first-order chi connectivity index (χ1) is 16.6. The highest BCUT2D eigenvalue weighted by atomic mass is 35.5. The Bertz CT molecular complexity index is 1380. The van der Waals surface area contributed by atoms with Crippen molar-refractivity contribution in [3.63, 3.8) is 0 Å². The molecule has 11 heteroatoms. The topological polar surface area (TPSA) is 85.3 Å². The van der Waals surface area contributed by atoms with Crippen molar-refractivity contribution in [2.75, 3.05) is 18.5 Å². The molecule has 35 heavy (non-hydrogen) atoms. The molecule has 0 saturated heterocycles. The SMILES string of the molecule is CCC(O)CN(C)c1nc(O)c(/C(=C/c2ccc(Cl)cc2C(F)(F)F)c2ccc3[nH]ncc3c2)s1. The summed E-state index contributed by atoms with van der Waals surface area (Å²) < 4.78 is 41.4. The van der Waals surface area contributed by atoms with E-state index >= 15 is 0 Å². The molecule has 0 amide bonds. The molecule has 184 valence electrons. The first-order valence-electron chi connectivity index (χ1n) is 10.7. The van der Waals surface area contributed by atoms with Gasteiger partial charge in [0.1, 0.15) is 4.88 Å². The molecule has 6 nitrogen and oxygen atoms in total. The van der Waals surface area contributed by atoms with Crippen molar-refractivity contribution in [2.45, 2.75) is 25.6 Å². The van der Waals surface area contributed by atoms with Gasteiger partial charge in [-0.3, -0.25) is 5.10 Å². The molecule has 0 radical (unpaired) electrons. The van der Waals surface area contributed by atoms with E-state index in [0.29, 0.717) is 34.1 Å². The summed E-state index contributed by atoms with van der Waals surface area (Å²) in [5.74, 6) is -0.316. The number of H-pyrrole nitrogens is 1. The maximum Gasteiger partial charge on any atom is 0.417 e. The van der Waals surface area contributed by atoms with Crippen molar-refractivity contribution < 1.29 is 23.4 Å². The number of nitrogens with one attached hydrogen (secondary N) is 1. The number of alkyl halides is 3. The number of aromatic amines is 1. The van der Waals surface area contributed by atoms with Gasteiger partial charge in [-0.1, -0.05) is 42.0 Å². The summed E-state index contributed by atoms with van der Waals surface area (Å²) in [5.41, 5.74) is 0.695. The highest BCUT2D eigenvalue weighted by Crippen LogP contribution is 2.42. The zero-order valence-corrected chi connectivity index (χ0v) is 20.3. The molecule has 0 aliphatic rings. The molecule has 3 N–H and O–H groups in total. The third-order valence-corrected chi connectivity index (χ3v) is 6.92. The lowest BCUT2D eigenvalue weighted by atomic mass is 9.98. The van der Waals surface area contributed by atoms with Crippen LogP contribution in [0, 0.1) is 0 Å². The van der Waals surface area contributed by atoms with Crippen LogP contribution in [-0.2, 0) is 6.18 Å². The normalized spacial score (nSPS) is 13.4. The van der Waals surface area contributed by atoms with Crippen LogP contribution in [0.5, 0.6) is 5.88 Å². The van der Waals surface area contributed by atoms with Gasteiger partial charge in [-0.25, -0.2) is 0 Å². The minimum absolute atomic E-state index is 0.0325. The van der Waals surface area contributed by atoms with E-state index in [0.717, 1.165) is 28.3 Å². The number of rotatable bonds is 7. The molecule has 0 aliphatic heterocycles. The monoisotopic (exact) mass is 522 g/mol. The van der Waals surface area contributed by atoms with Crippen molar-refractivity contribution in [3.8, 4) is 5.88 Å². The van der Waals surface area contributed by atoms with Gasteiger partial charge in [0.15, 0.2) is 5.13 Å². The zero-order chi connectivity index (χ0) is 25.3. The van der Waals surface area contributed by atoms with E-state index in [-0.39, 0.29) is 16.5 Å².